The van der Waals surface area contributed by atoms with Crippen LogP contribution in [-0.4, -0.2) is 23.4 Å². The van der Waals surface area contributed by atoms with Gasteiger partial charge < -0.3 is 9.47 Å². The number of rotatable bonds is 9. The third kappa shape index (κ3) is 6.76. The van der Waals surface area contributed by atoms with Gasteiger partial charge in [-0.1, -0.05) is 94.0 Å². The topological polar surface area (TPSA) is 69.9 Å². The number of aromatic nitrogens is 1. The van der Waals surface area contributed by atoms with Crippen LogP contribution < -0.4 is 19.6 Å². The first kappa shape index (κ1) is 30.8. The number of nitrogens with zero attached hydrogens (tertiary/aromatic N) is 2. The van der Waals surface area contributed by atoms with E-state index in [1.807, 2.05) is 115 Å². The number of halogens is 1. The molecule has 6 rings (SSSR count). The zero-order chi connectivity index (χ0) is 31.3. The van der Waals surface area contributed by atoms with Gasteiger partial charge in [-0.3, -0.25) is 9.36 Å². The summed E-state index contributed by atoms with van der Waals surface area (Å²) in [5, 5.41) is 0. The van der Waals surface area contributed by atoms with Gasteiger partial charge in [0.2, 0.25) is 0 Å². The van der Waals surface area contributed by atoms with Gasteiger partial charge in [-0.05, 0) is 72.3 Å². The molecule has 45 heavy (non-hydrogen) atoms. The van der Waals surface area contributed by atoms with E-state index >= 15 is 0 Å². The van der Waals surface area contributed by atoms with Crippen LogP contribution in [0.2, 0.25) is 0 Å². The van der Waals surface area contributed by atoms with E-state index in [0.29, 0.717) is 27.2 Å². The summed E-state index contributed by atoms with van der Waals surface area (Å²) < 4.78 is 14.7. The van der Waals surface area contributed by atoms with Gasteiger partial charge >= 0.3 is 5.97 Å². The Morgan fingerprint density at radius 2 is 1.69 bits per heavy atom. The van der Waals surface area contributed by atoms with Gasteiger partial charge in [0.05, 0.1) is 28.5 Å². The predicted molar refractivity (Wildman–Crippen MR) is 184 cm³/mol. The lowest BCUT2D eigenvalue weighted by Gasteiger charge is -2.26. The fourth-order valence-electron chi connectivity index (χ4n) is 5.10. The van der Waals surface area contributed by atoms with Crippen molar-refractivity contribution in [3.8, 4) is 5.75 Å². The zero-order valence-corrected chi connectivity index (χ0v) is 27.8. The molecule has 0 N–H and O–H groups in total. The number of carbonyl (C=O) groups is 1. The minimum absolute atomic E-state index is 0.204. The van der Waals surface area contributed by atoms with E-state index < -0.39 is 12.0 Å². The molecule has 2 heterocycles. The van der Waals surface area contributed by atoms with Crippen molar-refractivity contribution < 1.29 is 14.3 Å². The molecule has 0 spiro atoms. The Hall–Kier alpha value is -4.18. The van der Waals surface area contributed by atoms with Crippen LogP contribution in [0.15, 0.2) is 128 Å². The van der Waals surface area contributed by atoms with Gasteiger partial charge in [-0.15, -0.1) is 11.8 Å². The molecule has 0 aliphatic carbocycles. The number of hydrogen-bond acceptors (Lipinski definition) is 7. The molecule has 0 saturated heterocycles. The van der Waals surface area contributed by atoms with E-state index in [2.05, 4.69) is 15.9 Å². The highest BCUT2D eigenvalue weighted by molar-refractivity contribution is 9.10. The van der Waals surface area contributed by atoms with Crippen molar-refractivity contribution in [1.29, 1.82) is 0 Å². The van der Waals surface area contributed by atoms with E-state index in [4.69, 9.17) is 14.5 Å². The first-order chi connectivity index (χ1) is 21.9. The Morgan fingerprint density at radius 3 is 2.36 bits per heavy atom. The van der Waals surface area contributed by atoms with Crippen molar-refractivity contribution in [2.75, 3.05) is 12.9 Å². The largest absolute Gasteiger partial charge is 0.489 e. The third-order valence-corrected chi connectivity index (χ3v) is 9.56. The molecular formula is C36H29BrN2O4S2. The van der Waals surface area contributed by atoms with Gasteiger partial charge in [0, 0.05) is 14.9 Å². The summed E-state index contributed by atoms with van der Waals surface area (Å²) in [5.41, 5.74) is 4.13. The van der Waals surface area contributed by atoms with Crippen LogP contribution >= 0.6 is 39.0 Å². The van der Waals surface area contributed by atoms with Crippen molar-refractivity contribution in [3.63, 3.8) is 0 Å². The van der Waals surface area contributed by atoms with Gasteiger partial charge in [0.1, 0.15) is 12.4 Å². The monoisotopic (exact) mass is 696 g/mol. The lowest BCUT2D eigenvalue weighted by molar-refractivity contribution is -0.138. The fourth-order valence-corrected chi connectivity index (χ4v) is 6.77. The average molecular weight is 698 g/mol. The smallest absolute Gasteiger partial charge is 0.338 e. The summed E-state index contributed by atoms with van der Waals surface area (Å²) in [4.78, 5) is 34.3. The van der Waals surface area contributed by atoms with Crippen molar-refractivity contribution in [3.05, 3.63) is 155 Å². The molecule has 1 aromatic heterocycles. The maximum absolute atomic E-state index is 14.1. The standard InChI is InChI=1S/C36H29BrN2O4S2/c1-3-42-35(41)31-32(25-7-5-4-6-8-25)38-36-39(33(31)26-13-19-29(44-2)20-14-26)34(40)30(45-36)21-23-11-17-28(18-12-23)43-22-24-9-15-27(37)16-10-24/h4-21,33H,3,22H2,1-2H3/b30-21-/t33-/m1/s1. The highest BCUT2D eigenvalue weighted by Gasteiger charge is 2.35. The van der Waals surface area contributed by atoms with Crippen molar-refractivity contribution in [2.24, 2.45) is 4.99 Å². The number of esters is 1. The molecule has 1 aliphatic heterocycles. The number of benzene rings is 4. The Morgan fingerprint density at radius 1 is 0.978 bits per heavy atom. The number of ether oxygens (including phenoxy) is 2. The fraction of sp³-hybridized carbons (Fsp3) is 0.139. The van der Waals surface area contributed by atoms with Gasteiger partial charge in [0.25, 0.3) is 5.56 Å². The highest BCUT2D eigenvalue weighted by atomic mass is 79.9. The summed E-state index contributed by atoms with van der Waals surface area (Å²) >= 11 is 6.39. The van der Waals surface area contributed by atoms with Crippen molar-refractivity contribution in [2.45, 2.75) is 24.5 Å². The second-order valence-corrected chi connectivity index (χ2v) is 13.0. The zero-order valence-electron chi connectivity index (χ0n) is 24.6. The van der Waals surface area contributed by atoms with Crippen LogP contribution in [0.5, 0.6) is 5.75 Å². The molecular weight excluding hydrogens is 668 g/mol. The molecule has 1 atom stereocenters. The van der Waals surface area contributed by atoms with Crippen molar-refractivity contribution in [1.82, 2.24) is 4.57 Å². The summed E-state index contributed by atoms with van der Waals surface area (Å²) in [7, 11) is 0. The molecule has 0 radical (unpaired) electrons. The minimum atomic E-state index is -0.706. The first-order valence-electron chi connectivity index (χ1n) is 14.3. The SMILES string of the molecule is CCOC(=O)C1=C(c2ccccc2)N=c2s/c(=C\c3ccc(OCc4ccc(Br)cc4)cc3)c(=O)n2[C@@H]1c1ccc(SC)cc1. The van der Waals surface area contributed by atoms with Crippen LogP contribution in [0.3, 0.4) is 0 Å². The molecule has 0 unspecified atom stereocenters. The van der Waals surface area contributed by atoms with E-state index in [-0.39, 0.29) is 12.2 Å². The number of hydrogen-bond donors (Lipinski definition) is 0. The van der Waals surface area contributed by atoms with Gasteiger partial charge in [0.15, 0.2) is 4.80 Å². The Labute approximate surface area is 277 Å². The summed E-state index contributed by atoms with van der Waals surface area (Å²) in [6.07, 6.45) is 3.86. The number of carbonyl (C=O) groups excluding carboxylic acids is 1. The van der Waals surface area contributed by atoms with Crippen LogP contribution in [-0.2, 0) is 16.1 Å². The lowest BCUT2D eigenvalue weighted by atomic mass is 9.93. The molecule has 4 aromatic carbocycles. The molecule has 6 nitrogen and oxygen atoms in total. The van der Waals surface area contributed by atoms with E-state index in [1.54, 1.807) is 23.3 Å². The van der Waals surface area contributed by atoms with E-state index in [9.17, 15) is 9.59 Å². The summed E-state index contributed by atoms with van der Waals surface area (Å²) in [5.74, 6) is 0.240. The number of fused-ring (bicyclic) bond motifs is 1. The van der Waals surface area contributed by atoms with Crippen LogP contribution in [0, 0.1) is 0 Å². The molecule has 0 saturated carbocycles. The maximum Gasteiger partial charge on any atom is 0.338 e. The average Bonchev–Trinajstić information content (AvgIpc) is 3.38. The van der Waals surface area contributed by atoms with Gasteiger partial charge in [-0.25, -0.2) is 9.79 Å². The second-order valence-electron chi connectivity index (χ2n) is 10.2. The molecule has 5 aromatic rings. The molecule has 1 aliphatic rings. The van der Waals surface area contributed by atoms with E-state index in [0.717, 1.165) is 37.4 Å². The second kappa shape index (κ2) is 13.9. The highest BCUT2D eigenvalue weighted by Crippen LogP contribution is 2.35. The minimum Gasteiger partial charge on any atom is -0.489 e. The van der Waals surface area contributed by atoms with Gasteiger partial charge in [-0.2, -0.15) is 0 Å². The lowest BCUT2D eigenvalue weighted by Crippen LogP contribution is -2.40. The predicted octanol–water partition coefficient (Wildman–Crippen LogP) is 7.00. The molecule has 9 heteroatoms. The van der Waals surface area contributed by atoms with E-state index in [1.165, 1.54) is 11.3 Å². The molecule has 0 fully saturated rings. The van der Waals surface area contributed by atoms with Crippen LogP contribution in [0.1, 0.15) is 35.2 Å². The molecule has 226 valence electrons. The Bertz CT molecular complexity index is 2030. The van der Waals surface area contributed by atoms with Crippen molar-refractivity contribution >= 4 is 56.8 Å². The first-order valence-corrected chi connectivity index (χ1v) is 17.2. The van der Waals surface area contributed by atoms with Crippen LogP contribution in [0.25, 0.3) is 11.8 Å². The quantitative estimate of drug-likeness (QED) is 0.123. The summed E-state index contributed by atoms with van der Waals surface area (Å²) in [6.45, 7) is 2.43. The maximum atomic E-state index is 14.1. The molecule has 0 bridgehead atoms. The molecule has 0 amide bonds. The van der Waals surface area contributed by atoms with Crippen LogP contribution in [0.4, 0.5) is 0 Å². The third-order valence-electron chi connectivity index (χ3n) is 7.30. The Balaban J connectivity index is 1.43. The number of thioether (sulfide) groups is 1. The Kier molecular flexibility index (Phi) is 9.49. The normalized spacial score (nSPS) is 14.6. The number of thiazole rings is 1. The summed E-state index contributed by atoms with van der Waals surface area (Å²) in [6, 6.07) is 32.4.